The van der Waals surface area contributed by atoms with E-state index in [4.69, 9.17) is 4.84 Å². The molecule has 174 valence electrons. The molecule has 1 heterocycles. The van der Waals surface area contributed by atoms with Gasteiger partial charge in [-0.15, -0.1) is 11.3 Å². The second-order valence-electron chi connectivity index (χ2n) is 6.05. The Bertz CT molecular complexity index is 1030. The predicted octanol–water partition coefficient (Wildman–Crippen LogP) is 4.05. The van der Waals surface area contributed by atoms with Gasteiger partial charge in [0.1, 0.15) is 19.4 Å². The molecule has 2 aromatic rings. The normalized spacial score (nSPS) is 13.2. The van der Waals surface area contributed by atoms with Crippen molar-refractivity contribution in [1.29, 1.82) is 0 Å². The quantitative estimate of drug-likeness (QED) is 0.367. The molecule has 0 atom stereocenters. The molecule has 1 N–H and O–H groups in total. The first-order valence-corrected chi connectivity index (χ1v) is 9.50. The van der Waals surface area contributed by atoms with Crippen LogP contribution in [0.4, 0.5) is 26.3 Å². The Balaban J connectivity index is 2.40. The number of aryl methyl sites for hydroxylation is 1. The summed E-state index contributed by atoms with van der Waals surface area (Å²) < 4.78 is 78.2. The van der Waals surface area contributed by atoms with E-state index < -0.39 is 41.3 Å². The Morgan fingerprint density at radius 2 is 1.88 bits per heavy atom. The molecule has 0 bridgehead atoms. The van der Waals surface area contributed by atoms with Gasteiger partial charge in [-0.05, 0) is 12.5 Å². The summed E-state index contributed by atoms with van der Waals surface area (Å²) in [5, 5.41) is 8.15. The van der Waals surface area contributed by atoms with Gasteiger partial charge in [-0.25, -0.2) is 4.98 Å². The number of oxime groups is 2. The van der Waals surface area contributed by atoms with Gasteiger partial charge in [-0.2, -0.15) is 26.3 Å². The van der Waals surface area contributed by atoms with Gasteiger partial charge in [0.15, 0.2) is 10.7 Å². The number of hydrogen-bond acceptors (Lipinski definition) is 7. The van der Waals surface area contributed by atoms with Crippen LogP contribution >= 0.6 is 11.3 Å². The zero-order chi connectivity index (χ0) is 24.1. The number of likely N-dealkylation sites (N-methyl/N-ethyl adjacent to an activating group) is 1. The number of halogens is 6. The average Bonchev–Trinajstić information content (AvgIpc) is 3.19. The van der Waals surface area contributed by atoms with Crippen LogP contribution in [0.2, 0.25) is 0 Å². The Labute approximate surface area is 181 Å². The Morgan fingerprint density at radius 3 is 2.41 bits per heavy atom. The van der Waals surface area contributed by atoms with E-state index in [2.05, 4.69) is 25.4 Å². The number of nitrogens with one attached hydrogen (secondary N) is 1. The highest BCUT2D eigenvalue weighted by Gasteiger charge is 2.42. The molecule has 1 amide bonds. The van der Waals surface area contributed by atoms with Crippen molar-refractivity contribution in [1.82, 2.24) is 10.3 Å². The lowest BCUT2D eigenvalue weighted by atomic mass is 9.98. The van der Waals surface area contributed by atoms with Crippen molar-refractivity contribution in [3.05, 3.63) is 51.0 Å². The number of alkyl halides is 6. The van der Waals surface area contributed by atoms with E-state index in [1.807, 2.05) is 0 Å². The number of aromatic nitrogens is 1. The summed E-state index contributed by atoms with van der Waals surface area (Å²) >= 11 is 0.00418. The summed E-state index contributed by atoms with van der Waals surface area (Å²) in [6.45, 7) is 1.07. The summed E-state index contributed by atoms with van der Waals surface area (Å²) in [7, 11) is 2.56. The van der Waals surface area contributed by atoms with Gasteiger partial charge >= 0.3 is 12.4 Å². The largest absolute Gasteiger partial charge is 0.443 e. The number of rotatable bonds is 7. The molecule has 0 saturated carbocycles. The zero-order valence-corrected chi connectivity index (χ0v) is 17.6. The van der Waals surface area contributed by atoms with Crippen molar-refractivity contribution in [2.24, 2.45) is 10.3 Å². The third-order valence-electron chi connectivity index (χ3n) is 3.91. The second-order valence-corrected chi connectivity index (χ2v) is 6.91. The average molecular weight is 482 g/mol. The van der Waals surface area contributed by atoms with Crippen LogP contribution in [0.5, 0.6) is 0 Å². The number of carbonyl (C=O) groups is 1. The Kier molecular flexibility index (Phi) is 7.83. The Hall–Kier alpha value is -3.16. The monoisotopic (exact) mass is 482 g/mol. The molecule has 0 aliphatic carbocycles. The van der Waals surface area contributed by atoms with Crippen molar-refractivity contribution in [2.45, 2.75) is 25.9 Å². The molecular formula is C18H16F6N4O3S. The first-order chi connectivity index (χ1) is 14.9. The van der Waals surface area contributed by atoms with Crippen molar-refractivity contribution in [3.63, 3.8) is 0 Å². The number of thiazole rings is 1. The van der Waals surface area contributed by atoms with E-state index in [-0.39, 0.29) is 28.2 Å². The molecule has 32 heavy (non-hydrogen) atoms. The number of benzene rings is 1. The Morgan fingerprint density at radius 1 is 1.19 bits per heavy atom. The zero-order valence-electron chi connectivity index (χ0n) is 16.8. The highest BCUT2D eigenvalue weighted by atomic mass is 32.1. The number of hydrogen-bond donors (Lipinski definition) is 1. The smallest absolute Gasteiger partial charge is 0.398 e. The third kappa shape index (κ3) is 5.96. The standard InChI is InChI=1S/C18H16F6N4O3S/c1-9-5-4-6-10(13(27-30-3)15(29)25-2)11(9)7-31-28-14(17(19,20)21)12-8-32-16(26-12)18(22,23)24/h4-6,8H,7H2,1-3H3,(H,25,29)/b27-13+,28-14-. The van der Waals surface area contributed by atoms with Crippen LogP contribution in [-0.2, 0) is 27.3 Å². The summed E-state index contributed by atoms with van der Waals surface area (Å²) in [6, 6.07) is 4.67. The maximum atomic E-state index is 13.4. The lowest BCUT2D eigenvalue weighted by molar-refractivity contribution is -0.137. The minimum atomic E-state index is -5.13. The molecule has 1 aromatic heterocycles. The molecule has 0 aliphatic heterocycles. The molecular weight excluding hydrogens is 466 g/mol. The molecule has 14 heteroatoms. The lowest BCUT2D eigenvalue weighted by Crippen LogP contribution is -2.29. The maximum Gasteiger partial charge on any atom is 0.443 e. The highest BCUT2D eigenvalue weighted by molar-refractivity contribution is 7.10. The summed E-state index contributed by atoms with van der Waals surface area (Å²) in [4.78, 5) is 24.6. The van der Waals surface area contributed by atoms with Crippen LogP contribution in [0.15, 0.2) is 33.9 Å². The number of amides is 1. The van der Waals surface area contributed by atoms with Crippen LogP contribution in [0.25, 0.3) is 0 Å². The van der Waals surface area contributed by atoms with Crippen LogP contribution in [0.3, 0.4) is 0 Å². The highest BCUT2D eigenvalue weighted by Crippen LogP contribution is 2.33. The molecule has 0 radical (unpaired) electrons. The SMILES string of the molecule is CNC(=O)/C(=N/OC)c1cccc(C)c1CO/N=C(/c1csc(C(F)(F)F)n1)C(F)(F)F. The molecule has 0 aliphatic rings. The van der Waals surface area contributed by atoms with Crippen LogP contribution in [-0.4, -0.2) is 42.6 Å². The van der Waals surface area contributed by atoms with Gasteiger partial charge in [0.25, 0.3) is 5.91 Å². The van der Waals surface area contributed by atoms with E-state index in [1.54, 1.807) is 19.1 Å². The lowest BCUT2D eigenvalue weighted by Gasteiger charge is -2.13. The minimum absolute atomic E-state index is 0.00418. The molecule has 2 rings (SSSR count). The van der Waals surface area contributed by atoms with Crippen LogP contribution < -0.4 is 5.32 Å². The first-order valence-electron chi connectivity index (χ1n) is 8.62. The summed E-state index contributed by atoms with van der Waals surface area (Å²) in [5.41, 5.74) is -1.89. The minimum Gasteiger partial charge on any atom is -0.398 e. The number of nitrogens with zero attached hydrogens (tertiary/aromatic N) is 3. The topological polar surface area (TPSA) is 85.2 Å². The fourth-order valence-electron chi connectivity index (χ4n) is 2.46. The van der Waals surface area contributed by atoms with Crippen molar-refractivity contribution in [2.75, 3.05) is 14.2 Å². The van der Waals surface area contributed by atoms with Crippen molar-refractivity contribution < 1.29 is 40.8 Å². The first kappa shape index (κ1) is 25.1. The fourth-order valence-corrected chi connectivity index (χ4v) is 3.13. The van der Waals surface area contributed by atoms with Crippen LogP contribution in [0, 0.1) is 6.92 Å². The van der Waals surface area contributed by atoms with Gasteiger partial charge < -0.3 is 15.0 Å². The predicted molar refractivity (Wildman–Crippen MR) is 103 cm³/mol. The van der Waals surface area contributed by atoms with Gasteiger partial charge in [0, 0.05) is 23.6 Å². The molecule has 0 saturated heterocycles. The number of carbonyl (C=O) groups excluding carboxylic acids is 1. The molecule has 0 unspecified atom stereocenters. The van der Waals surface area contributed by atoms with Gasteiger partial charge in [0.05, 0.1) is 0 Å². The molecule has 7 nitrogen and oxygen atoms in total. The van der Waals surface area contributed by atoms with E-state index >= 15 is 0 Å². The van der Waals surface area contributed by atoms with Crippen LogP contribution in [0.1, 0.15) is 27.4 Å². The van der Waals surface area contributed by atoms with Gasteiger partial charge in [0.2, 0.25) is 5.71 Å². The summed E-state index contributed by atoms with van der Waals surface area (Å²) in [6.07, 6.45) is -10.0. The third-order valence-corrected chi connectivity index (χ3v) is 4.80. The second kappa shape index (κ2) is 9.97. The maximum absolute atomic E-state index is 13.4. The van der Waals surface area contributed by atoms with E-state index in [0.29, 0.717) is 10.9 Å². The van der Waals surface area contributed by atoms with E-state index in [9.17, 15) is 31.1 Å². The van der Waals surface area contributed by atoms with E-state index in [1.165, 1.54) is 20.2 Å². The van der Waals surface area contributed by atoms with E-state index in [0.717, 1.165) is 0 Å². The fraction of sp³-hybridized carbons (Fsp3) is 0.333. The van der Waals surface area contributed by atoms with Crippen molar-refractivity contribution >= 4 is 28.7 Å². The van der Waals surface area contributed by atoms with Gasteiger partial charge in [-0.1, -0.05) is 28.5 Å². The van der Waals surface area contributed by atoms with Crippen molar-refractivity contribution in [3.8, 4) is 0 Å². The summed E-state index contributed by atoms with van der Waals surface area (Å²) in [5.74, 6) is -0.625. The molecule has 1 aromatic carbocycles. The molecule has 0 spiro atoms. The molecule has 0 fully saturated rings. The van der Waals surface area contributed by atoms with Gasteiger partial charge in [-0.3, -0.25) is 4.79 Å².